The molecule has 3 aromatic rings. The van der Waals surface area contributed by atoms with E-state index in [1.165, 1.54) is 43.6 Å². The lowest BCUT2D eigenvalue weighted by Gasteiger charge is -2.22. The van der Waals surface area contributed by atoms with Crippen LogP contribution >= 0.6 is 0 Å². The minimum Gasteiger partial charge on any atom is -0.507 e. The van der Waals surface area contributed by atoms with E-state index in [4.69, 9.17) is 0 Å². The smallest absolute Gasteiger partial charge is 0.154 e. The number of aryl methyl sites for hydroxylation is 1. The molecule has 0 aromatic heterocycles. The predicted molar refractivity (Wildman–Crippen MR) is 125 cm³/mol. The fourth-order valence-corrected chi connectivity index (χ4v) is 3.53. The Bertz CT molecular complexity index is 1180. The molecular formula is C26H24F2N2O3. The van der Waals surface area contributed by atoms with Crippen LogP contribution < -0.4 is 0 Å². The Morgan fingerprint density at radius 1 is 0.939 bits per heavy atom. The molecule has 0 saturated heterocycles. The van der Waals surface area contributed by atoms with E-state index in [-0.39, 0.29) is 23.6 Å². The molecular weight excluding hydrogens is 426 g/mol. The molecule has 170 valence electrons. The van der Waals surface area contributed by atoms with Gasteiger partial charge in [0, 0.05) is 41.6 Å². The molecule has 3 rings (SSSR count). The van der Waals surface area contributed by atoms with Crippen molar-refractivity contribution in [2.45, 2.75) is 25.8 Å². The highest BCUT2D eigenvalue weighted by Gasteiger charge is 2.31. The number of ketones is 1. The summed E-state index contributed by atoms with van der Waals surface area (Å²) in [5.41, 5.74) is 0.912. The van der Waals surface area contributed by atoms with Crippen LogP contribution in [0.1, 0.15) is 35.1 Å². The molecule has 0 amide bonds. The van der Waals surface area contributed by atoms with Gasteiger partial charge in [-0.1, -0.05) is 24.3 Å². The number of para-hydroxylation sites is 2. The monoisotopic (exact) mass is 450 g/mol. The second kappa shape index (κ2) is 10.6. The molecule has 7 heteroatoms. The molecule has 5 nitrogen and oxygen atoms in total. The third kappa shape index (κ3) is 5.88. The van der Waals surface area contributed by atoms with Gasteiger partial charge in [-0.25, -0.2) is 8.78 Å². The zero-order valence-electron chi connectivity index (χ0n) is 18.2. The lowest BCUT2D eigenvalue weighted by molar-refractivity contribution is -0.118. The molecule has 0 heterocycles. The van der Waals surface area contributed by atoms with Crippen LogP contribution in [-0.4, -0.2) is 41.0 Å². The van der Waals surface area contributed by atoms with Crippen LogP contribution in [-0.2, 0) is 4.79 Å². The average Bonchev–Trinajstić information content (AvgIpc) is 2.75. The number of carbonyl (C=O) groups excluding carboxylic acids is 1. The maximum atomic E-state index is 14.9. The van der Waals surface area contributed by atoms with E-state index >= 15 is 0 Å². The van der Waals surface area contributed by atoms with E-state index in [0.717, 1.165) is 0 Å². The quantitative estimate of drug-likeness (QED) is 0.476. The maximum absolute atomic E-state index is 14.9. The van der Waals surface area contributed by atoms with Gasteiger partial charge in [-0.15, -0.1) is 0 Å². The van der Waals surface area contributed by atoms with Gasteiger partial charge in [0.2, 0.25) is 0 Å². The fourth-order valence-electron chi connectivity index (χ4n) is 3.53. The number of hydrogen-bond acceptors (Lipinski definition) is 5. The van der Waals surface area contributed by atoms with Gasteiger partial charge in [-0.3, -0.25) is 14.8 Å². The highest BCUT2D eigenvalue weighted by Crippen LogP contribution is 2.30. The van der Waals surface area contributed by atoms with E-state index in [1.807, 2.05) is 0 Å². The molecule has 0 bridgehead atoms. The van der Waals surface area contributed by atoms with Gasteiger partial charge in [0.1, 0.15) is 29.2 Å². The summed E-state index contributed by atoms with van der Waals surface area (Å²) in [6, 6.07) is 14.2. The molecule has 0 aliphatic carbocycles. The van der Waals surface area contributed by atoms with Gasteiger partial charge in [0.05, 0.1) is 0 Å². The number of phenolic OH excluding ortho intramolecular Hbond substituents is 2. The largest absolute Gasteiger partial charge is 0.507 e. The first kappa shape index (κ1) is 23.8. The molecule has 33 heavy (non-hydrogen) atoms. The van der Waals surface area contributed by atoms with Gasteiger partial charge in [-0.2, -0.15) is 0 Å². The minimum absolute atomic E-state index is 0.00573. The van der Waals surface area contributed by atoms with Gasteiger partial charge < -0.3 is 10.2 Å². The Morgan fingerprint density at radius 2 is 1.45 bits per heavy atom. The van der Waals surface area contributed by atoms with Crippen molar-refractivity contribution in [1.82, 2.24) is 0 Å². The van der Waals surface area contributed by atoms with Crippen molar-refractivity contribution in [2.24, 2.45) is 9.98 Å². The van der Waals surface area contributed by atoms with Gasteiger partial charge >= 0.3 is 0 Å². The molecule has 0 fully saturated rings. The molecule has 0 spiro atoms. The Balaban J connectivity index is 2.03. The Hall–Kier alpha value is -3.87. The van der Waals surface area contributed by atoms with Gasteiger partial charge in [0.25, 0.3) is 0 Å². The van der Waals surface area contributed by atoms with Crippen LogP contribution in [0.15, 0.2) is 70.6 Å². The van der Waals surface area contributed by atoms with Crippen LogP contribution in [0.25, 0.3) is 0 Å². The summed E-state index contributed by atoms with van der Waals surface area (Å²) >= 11 is 0. The van der Waals surface area contributed by atoms with Gasteiger partial charge in [-0.05, 0) is 55.8 Å². The summed E-state index contributed by atoms with van der Waals surface area (Å²) < 4.78 is 29.8. The topological polar surface area (TPSA) is 82.2 Å². The molecule has 0 aliphatic heterocycles. The average molecular weight is 450 g/mol. The first-order chi connectivity index (χ1) is 15.8. The number of halogens is 2. The summed E-state index contributed by atoms with van der Waals surface area (Å²) in [5.74, 6) is -3.08. The first-order valence-corrected chi connectivity index (χ1v) is 10.3. The summed E-state index contributed by atoms with van der Waals surface area (Å²) in [7, 11) is 0. The standard InChI is InChI=1S/C26H24F2N2O3/c1-16-11-21(27)25(22(28)12-16)20(15-29-13-18-7-3-5-9-23(18)32)26(17(2)31)30-14-19-8-4-6-10-24(19)33/h3-14,20,26,32-33H,15H2,1-2H3. The number of hydrogen-bond donors (Lipinski definition) is 2. The molecule has 2 unspecified atom stereocenters. The molecule has 0 radical (unpaired) electrons. The number of nitrogens with zero attached hydrogens (tertiary/aromatic N) is 2. The number of rotatable bonds is 8. The van der Waals surface area contributed by atoms with E-state index in [1.54, 1.807) is 43.3 Å². The number of phenols is 2. The third-order valence-corrected chi connectivity index (χ3v) is 5.17. The lowest BCUT2D eigenvalue weighted by atomic mass is 9.88. The highest BCUT2D eigenvalue weighted by atomic mass is 19.1. The van der Waals surface area contributed by atoms with E-state index in [2.05, 4.69) is 9.98 Å². The minimum atomic E-state index is -1.15. The Kier molecular flexibility index (Phi) is 7.66. The summed E-state index contributed by atoms with van der Waals surface area (Å²) in [4.78, 5) is 21.1. The van der Waals surface area contributed by atoms with Crippen LogP contribution in [0.3, 0.4) is 0 Å². The number of carbonyl (C=O) groups is 1. The normalized spacial score (nSPS) is 13.5. The van der Waals surface area contributed by atoms with Crippen LogP contribution in [0, 0.1) is 18.6 Å². The number of aliphatic imine (C=N–C) groups is 2. The molecule has 2 atom stereocenters. The zero-order chi connectivity index (χ0) is 24.0. The van der Waals surface area contributed by atoms with Crippen LogP contribution in [0.4, 0.5) is 8.78 Å². The van der Waals surface area contributed by atoms with Crippen LogP contribution in [0.2, 0.25) is 0 Å². The van der Waals surface area contributed by atoms with Crippen molar-refractivity contribution in [3.05, 3.63) is 94.6 Å². The van der Waals surface area contributed by atoms with Crippen molar-refractivity contribution in [3.63, 3.8) is 0 Å². The molecule has 0 aliphatic rings. The number of Topliss-reactive ketones (excluding diaryl/α,β-unsaturated/α-hetero) is 1. The second-order valence-corrected chi connectivity index (χ2v) is 7.69. The fraction of sp³-hybridized carbons (Fsp3) is 0.192. The maximum Gasteiger partial charge on any atom is 0.154 e. The third-order valence-electron chi connectivity index (χ3n) is 5.17. The van der Waals surface area contributed by atoms with E-state index in [0.29, 0.717) is 16.7 Å². The predicted octanol–water partition coefficient (Wildman–Crippen LogP) is 4.96. The van der Waals surface area contributed by atoms with Crippen molar-refractivity contribution < 1.29 is 23.8 Å². The number of aromatic hydroxyl groups is 2. The SMILES string of the molecule is CC(=O)C(N=Cc1ccccc1O)C(CN=Cc1ccccc1O)c1c(F)cc(C)cc1F. The van der Waals surface area contributed by atoms with E-state index in [9.17, 15) is 23.8 Å². The summed E-state index contributed by atoms with van der Waals surface area (Å²) in [5, 5.41) is 19.9. The lowest BCUT2D eigenvalue weighted by Crippen LogP contribution is -2.28. The first-order valence-electron chi connectivity index (χ1n) is 10.3. The molecule has 3 aromatic carbocycles. The van der Waals surface area contributed by atoms with Crippen LogP contribution in [0.5, 0.6) is 11.5 Å². The number of benzene rings is 3. The Labute approximate surface area is 190 Å². The molecule has 2 N–H and O–H groups in total. The van der Waals surface area contributed by atoms with E-state index < -0.39 is 29.4 Å². The van der Waals surface area contributed by atoms with Crippen molar-refractivity contribution in [2.75, 3.05) is 6.54 Å². The van der Waals surface area contributed by atoms with Crippen molar-refractivity contribution in [1.29, 1.82) is 0 Å². The summed E-state index contributed by atoms with van der Waals surface area (Å²) in [6.07, 6.45) is 2.70. The van der Waals surface area contributed by atoms with Gasteiger partial charge in [0.15, 0.2) is 5.78 Å². The zero-order valence-corrected chi connectivity index (χ0v) is 18.2. The molecule has 0 saturated carbocycles. The Morgan fingerprint density at radius 3 is 1.97 bits per heavy atom. The highest BCUT2D eigenvalue weighted by molar-refractivity contribution is 5.89. The van der Waals surface area contributed by atoms with Crippen molar-refractivity contribution in [3.8, 4) is 11.5 Å². The second-order valence-electron chi connectivity index (χ2n) is 7.69. The summed E-state index contributed by atoms with van der Waals surface area (Å²) in [6.45, 7) is 2.70. The van der Waals surface area contributed by atoms with Crippen molar-refractivity contribution >= 4 is 18.2 Å².